The van der Waals surface area contributed by atoms with Crippen molar-refractivity contribution in [1.82, 2.24) is 0 Å². The maximum absolute atomic E-state index is 6.85. The molecule has 288 valence electrons. The van der Waals surface area contributed by atoms with Crippen LogP contribution in [0, 0.1) is 0 Å². The number of rotatable bonds is 4. The first kappa shape index (κ1) is 36.2. The Kier molecular flexibility index (Phi) is 7.88. The van der Waals surface area contributed by atoms with Gasteiger partial charge >= 0.3 is 0 Å². The highest BCUT2D eigenvalue weighted by Crippen LogP contribution is 2.62. The topological polar surface area (TPSA) is 18.5 Å². The average molecular weight is 741 g/mol. The van der Waals surface area contributed by atoms with Gasteiger partial charge in [-0.25, -0.2) is 0 Å². The van der Waals surface area contributed by atoms with Crippen molar-refractivity contribution < 1.29 is 9.47 Å². The molecular weight excluding hydrogens is 681 g/mol. The third-order valence-corrected chi connectivity index (χ3v) is 14.3. The molecule has 0 spiro atoms. The zero-order valence-electron chi connectivity index (χ0n) is 35.5. The molecule has 0 aromatic heterocycles. The van der Waals surface area contributed by atoms with Crippen LogP contribution in [0.5, 0.6) is 5.75 Å². The van der Waals surface area contributed by atoms with Gasteiger partial charge in [-0.2, -0.15) is 0 Å². The normalized spacial score (nSPS) is 23.6. The van der Waals surface area contributed by atoms with Crippen LogP contribution in [-0.4, -0.2) is 18.3 Å². The second-order valence-corrected chi connectivity index (χ2v) is 20.9. The Morgan fingerprint density at radius 2 is 1.30 bits per heavy atom. The van der Waals surface area contributed by atoms with Crippen molar-refractivity contribution in [3.63, 3.8) is 0 Å². The molecule has 0 amide bonds. The molecule has 0 bridgehead atoms. The van der Waals surface area contributed by atoms with Gasteiger partial charge in [-0.3, -0.25) is 0 Å². The lowest BCUT2D eigenvalue weighted by Crippen LogP contribution is -2.27. The predicted molar refractivity (Wildman–Crippen MR) is 238 cm³/mol. The summed E-state index contributed by atoms with van der Waals surface area (Å²) < 4.78 is 13.5. The molecule has 3 atom stereocenters. The van der Waals surface area contributed by atoms with E-state index in [0.717, 1.165) is 44.3 Å². The number of hydrogen-bond donors (Lipinski definition) is 0. The lowest BCUT2D eigenvalue weighted by molar-refractivity contribution is 0.00775. The highest BCUT2D eigenvalue weighted by Gasteiger charge is 2.45. The fourth-order valence-corrected chi connectivity index (χ4v) is 11.3. The average Bonchev–Trinajstić information content (AvgIpc) is 3.54. The minimum atomic E-state index is -0.218. The van der Waals surface area contributed by atoms with Gasteiger partial charge in [0.15, 0.2) is 0 Å². The summed E-state index contributed by atoms with van der Waals surface area (Å²) >= 11 is 0. The van der Waals surface area contributed by atoms with Crippen molar-refractivity contribution in [3.05, 3.63) is 118 Å². The van der Waals surface area contributed by atoms with Crippen LogP contribution in [0.2, 0.25) is 0 Å². The molecule has 5 aliphatic carbocycles. The fraction of sp³-hybridized carbons (Fsp3) is 0.444. The quantitative estimate of drug-likeness (QED) is 0.135. The van der Waals surface area contributed by atoms with E-state index in [-0.39, 0.29) is 33.9 Å². The van der Waals surface area contributed by atoms with Crippen molar-refractivity contribution in [2.24, 2.45) is 0 Å². The van der Waals surface area contributed by atoms with Crippen LogP contribution in [0.25, 0.3) is 49.0 Å². The van der Waals surface area contributed by atoms with Gasteiger partial charge in [0, 0.05) is 10.8 Å². The van der Waals surface area contributed by atoms with Crippen LogP contribution >= 0.6 is 0 Å². The molecule has 0 saturated carbocycles. The first-order valence-electron chi connectivity index (χ1n) is 21.6. The summed E-state index contributed by atoms with van der Waals surface area (Å²) in [6, 6.07) is 17.3. The minimum absolute atomic E-state index is 0.0190. The van der Waals surface area contributed by atoms with Gasteiger partial charge in [-0.05, 0) is 174 Å². The van der Waals surface area contributed by atoms with Crippen molar-refractivity contribution in [1.29, 1.82) is 0 Å². The monoisotopic (exact) mass is 740 g/mol. The molecule has 10 rings (SSSR count). The van der Waals surface area contributed by atoms with Crippen LogP contribution in [0.4, 0.5) is 0 Å². The van der Waals surface area contributed by atoms with E-state index < -0.39 is 0 Å². The molecule has 0 aliphatic heterocycles. The molecule has 2 nitrogen and oxygen atoms in total. The van der Waals surface area contributed by atoms with Crippen LogP contribution in [0.3, 0.4) is 0 Å². The van der Waals surface area contributed by atoms with E-state index in [2.05, 4.69) is 148 Å². The largest absolute Gasteiger partial charge is 0.486 e. The Labute approximate surface area is 335 Å². The molecule has 5 aromatic carbocycles. The molecule has 3 unspecified atom stereocenters. The molecular formula is C54H60O2. The van der Waals surface area contributed by atoms with Gasteiger partial charge in [0.1, 0.15) is 11.9 Å². The highest BCUT2D eigenvalue weighted by atomic mass is 16.5. The van der Waals surface area contributed by atoms with Crippen molar-refractivity contribution >= 4 is 37.9 Å². The standard InChI is InChI=1S/C54H60O2/c1-51(2,3)31-25-39-45-41(27-31)49-48(38-24-22-36(30-44(38)53(49,7)8)56-34-19-15-12-16-20-34)40-26-32(52(4,5)6)28-42(46(40)45)50-47(39)37-23-21-35(29-43(37)54(50,9)10)55-33-17-13-11-14-18-33/h11,13,15,19,21-28,30,33-35H,12,14,16-18,20,29H2,1-10H3. The third kappa shape index (κ3) is 5.30. The molecule has 2 heteroatoms. The molecule has 5 aliphatic rings. The second-order valence-electron chi connectivity index (χ2n) is 20.9. The van der Waals surface area contributed by atoms with Crippen LogP contribution in [-0.2, 0) is 26.4 Å². The minimum Gasteiger partial charge on any atom is -0.486 e. The van der Waals surface area contributed by atoms with E-state index in [0.29, 0.717) is 6.10 Å². The summed E-state index contributed by atoms with van der Waals surface area (Å²) in [5, 5.41) is 8.56. The molecule has 0 heterocycles. The molecule has 0 saturated heterocycles. The third-order valence-electron chi connectivity index (χ3n) is 14.3. The van der Waals surface area contributed by atoms with Gasteiger partial charge in [-0.1, -0.05) is 118 Å². The Morgan fingerprint density at radius 3 is 1.93 bits per heavy atom. The second kappa shape index (κ2) is 12.2. The van der Waals surface area contributed by atoms with Crippen LogP contribution < -0.4 is 4.74 Å². The smallest absolute Gasteiger partial charge is 0.120 e. The van der Waals surface area contributed by atoms with Crippen molar-refractivity contribution in [2.75, 3.05) is 0 Å². The summed E-state index contributed by atoms with van der Waals surface area (Å²) in [5.41, 5.74) is 14.0. The van der Waals surface area contributed by atoms with E-state index in [1.165, 1.54) is 94.4 Å². The zero-order chi connectivity index (χ0) is 39.1. The number of hydrogen-bond acceptors (Lipinski definition) is 2. The van der Waals surface area contributed by atoms with Gasteiger partial charge < -0.3 is 9.47 Å². The summed E-state index contributed by atoms with van der Waals surface area (Å²) in [5.74, 6) is 0.986. The van der Waals surface area contributed by atoms with Gasteiger partial charge in [-0.15, -0.1) is 0 Å². The van der Waals surface area contributed by atoms with Crippen molar-refractivity contribution in [2.45, 2.75) is 154 Å². The lowest BCUT2D eigenvalue weighted by Gasteiger charge is -2.33. The first-order valence-corrected chi connectivity index (χ1v) is 21.6. The number of fused-ring (bicyclic) bond motifs is 9. The fourth-order valence-electron chi connectivity index (χ4n) is 11.3. The van der Waals surface area contributed by atoms with Gasteiger partial charge in [0.25, 0.3) is 0 Å². The van der Waals surface area contributed by atoms with E-state index in [1.54, 1.807) is 0 Å². The predicted octanol–water partition coefficient (Wildman–Crippen LogP) is 14.5. The zero-order valence-corrected chi connectivity index (χ0v) is 35.5. The molecule has 0 N–H and O–H groups in total. The van der Waals surface area contributed by atoms with E-state index in [4.69, 9.17) is 9.47 Å². The molecule has 0 fully saturated rings. The Hall–Kier alpha value is -4.14. The summed E-state index contributed by atoms with van der Waals surface area (Å²) in [7, 11) is 0. The number of ether oxygens (including phenoxy) is 2. The SMILES string of the molecule is CC(C)(C)c1cc2c3c(c4cc(C(C)(C)C)cc5c6c(c(c1)c2c54)C(C)(C)C1=C6C=CC(OC2CC=CCC2)C1)C(C)(C)c1cc(OC2C=CCCC2)ccc1-3. The molecule has 56 heavy (non-hydrogen) atoms. The van der Waals surface area contributed by atoms with Gasteiger partial charge in [0.05, 0.1) is 12.2 Å². The highest BCUT2D eigenvalue weighted by molar-refractivity contribution is 6.32. The number of benzene rings is 5. The van der Waals surface area contributed by atoms with E-state index in [1.807, 2.05) is 0 Å². The summed E-state index contributed by atoms with van der Waals surface area (Å²) in [4.78, 5) is 0. The summed E-state index contributed by atoms with van der Waals surface area (Å²) in [6.45, 7) is 24.3. The Morgan fingerprint density at radius 1 is 0.643 bits per heavy atom. The molecule has 0 radical (unpaired) electrons. The van der Waals surface area contributed by atoms with Crippen LogP contribution in [0.1, 0.15) is 148 Å². The lowest BCUT2D eigenvalue weighted by atomic mass is 9.71. The number of allylic oxidation sites excluding steroid dienone is 4. The van der Waals surface area contributed by atoms with Crippen molar-refractivity contribution in [3.8, 4) is 16.9 Å². The first-order chi connectivity index (χ1) is 26.5. The molecule has 5 aromatic rings. The maximum Gasteiger partial charge on any atom is 0.120 e. The Balaban J connectivity index is 1.28. The summed E-state index contributed by atoms with van der Waals surface area (Å²) in [6.07, 6.45) is 22.2. The van der Waals surface area contributed by atoms with E-state index in [9.17, 15) is 0 Å². The Bertz CT molecular complexity index is 2590. The maximum atomic E-state index is 6.85. The van der Waals surface area contributed by atoms with Crippen LogP contribution in [0.15, 0.2) is 84.5 Å². The van der Waals surface area contributed by atoms with Gasteiger partial charge in [0.2, 0.25) is 0 Å². The van der Waals surface area contributed by atoms with E-state index >= 15 is 0 Å².